The van der Waals surface area contributed by atoms with Crippen LogP contribution in [0.4, 0.5) is 5.69 Å². The van der Waals surface area contributed by atoms with Crippen LogP contribution in [0.1, 0.15) is 12.6 Å². The predicted octanol–water partition coefficient (Wildman–Crippen LogP) is 0.102. The van der Waals surface area contributed by atoms with E-state index in [-0.39, 0.29) is 17.6 Å². The first-order valence-electron chi connectivity index (χ1n) is 5.13. The molecule has 0 aromatic carbocycles. The van der Waals surface area contributed by atoms with Gasteiger partial charge in [-0.15, -0.1) is 0 Å². The zero-order valence-corrected chi connectivity index (χ0v) is 10.9. The van der Waals surface area contributed by atoms with E-state index in [1.54, 1.807) is 24.9 Å². The molecule has 0 aliphatic carbocycles. The van der Waals surface area contributed by atoms with Gasteiger partial charge in [0.05, 0.1) is 11.4 Å². The Kier molecular flexibility index (Phi) is 4.56. The largest absolute Gasteiger partial charge is 0.344 e. The Hall–Kier alpha value is -1.50. The van der Waals surface area contributed by atoms with Crippen molar-refractivity contribution in [1.29, 1.82) is 0 Å². The van der Waals surface area contributed by atoms with Gasteiger partial charge in [-0.1, -0.05) is 0 Å². The fourth-order valence-corrected chi connectivity index (χ4v) is 1.64. The van der Waals surface area contributed by atoms with Crippen LogP contribution >= 0.6 is 12.6 Å². The Morgan fingerprint density at radius 1 is 1.59 bits per heavy atom. The van der Waals surface area contributed by atoms with Crippen molar-refractivity contribution < 1.29 is 9.59 Å². The molecular formula is C10H16N4O2S. The van der Waals surface area contributed by atoms with Crippen LogP contribution in [0.3, 0.4) is 0 Å². The number of anilines is 1. The van der Waals surface area contributed by atoms with Gasteiger partial charge >= 0.3 is 0 Å². The molecule has 0 aliphatic heterocycles. The third-order valence-electron chi connectivity index (χ3n) is 2.15. The lowest BCUT2D eigenvalue weighted by Crippen LogP contribution is -2.44. The summed E-state index contributed by atoms with van der Waals surface area (Å²) >= 11 is 4.03. The second-order valence-electron chi connectivity index (χ2n) is 3.73. The first kappa shape index (κ1) is 13.6. The standard InChI is InChI=1S/C10H16N4O2S/c1-6-8(4-14(3)13-6)12-10(16)9(5-17)11-7(2)15/h4,9,17H,5H2,1-3H3,(H,11,15)(H,12,16). The molecule has 0 bridgehead atoms. The summed E-state index contributed by atoms with van der Waals surface area (Å²) in [5.74, 6) is -0.321. The van der Waals surface area contributed by atoms with Crippen molar-refractivity contribution in [3.8, 4) is 0 Å². The van der Waals surface area contributed by atoms with Gasteiger partial charge in [0.15, 0.2) is 0 Å². The number of carbonyl (C=O) groups is 2. The number of nitrogens with zero attached hydrogens (tertiary/aromatic N) is 2. The average molecular weight is 256 g/mol. The van der Waals surface area contributed by atoms with E-state index in [0.29, 0.717) is 5.69 Å². The van der Waals surface area contributed by atoms with Crippen LogP contribution in [0.2, 0.25) is 0 Å². The highest BCUT2D eigenvalue weighted by molar-refractivity contribution is 7.80. The van der Waals surface area contributed by atoms with E-state index in [4.69, 9.17) is 0 Å². The Balaban J connectivity index is 2.70. The minimum atomic E-state index is -0.643. The highest BCUT2D eigenvalue weighted by Gasteiger charge is 2.19. The smallest absolute Gasteiger partial charge is 0.247 e. The fourth-order valence-electron chi connectivity index (χ4n) is 1.38. The van der Waals surface area contributed by atoms with E-state index >= 15 is 0 Å². The van der Waals surface area contributed by atoms with Crippen molar-refractivity contribution >= 4 is 30.1 Å². The lowest BCUT2D eigenvalue weighted by atomic mass is 10.3. The molecule has 1 aromatic rings. The zero-order chi connectivity index (χ0) is 13.0. The van der Waals surface area contributed by atoms with Crippen molar-refractivity contribution in [3.05, 3.63) is 11.9 Å². The summed E-state index contributed by atoms with van der Waals surface area (Å²) in [4.78, 5) is 22.7. The van der Waals surface area contributed by atoms with Crippen LogP contribution in [0.25, 0.3) is 0 Å². The van der Waals surface area contributed by atoms with Crippen molar-refractivity contribution in [2.45, 2.75) is 19.9 Å². The second kappa shape index (κ2) is 5.72. The number of aryl methyl sites for hydroxylation is 2. The molecule has 6 nitrogen and oxygen atoms in total. The Morgan fingerprint density at radius 3 is 2.65 bits per heavy atom. The molecule has 0 spiro atoms. The minimum absolute atomic E-state index is 0.241. The Labute approximate surface area is 105 Å². The van der Waals surface area contributed by atoms with Crippen LogP contribution in [-0.4, -0.2) is 33.4 Å². The number of carbonyl (C=O) groups excluding carboxylic acids is 2. The van der Waals surface area contributed by atoms with Crippen LogP contribution in [0.15, 0.2) is 6.20 Å². The van der Waals surface area contributed by atoms with Crippen molar-refractivity contribution in [1.82, 2.24) is 15.1 Å². The predicted molar refractivity (Wildman–Crippen MR) is 68.0 cm³/mol. The van der Waals surface area contributed by atoms with E-state index in [9.17, 15) is 9.59 Å². The first-order valence-corrected chi connectivity index (χ1v) is 5.76. The normalized spacial score (nSPS) is 12.0. The molecule has 0 saturated heterocycles. The second-order valence-corrected chi connectivity index (χ2v) is 4.09. The van der Waals surface area contributed by atoms with E-state index < -0.39 is 6.04 Å². The average Bonchev–Trinajstić information content (AvgIpc) is 2.53. The molecule has 0 fully saturated rings. The lowest BCUT2D eigenvalue weighted by molar-refractivity contribution is -0.124. The van der Waals surface area contributed by atoms with Crippen LogP contribution in [0, 0.1) is 6.92 Å². The maximum Gasteiger partial charge on any atom is 0.247 e. The van der Waals surface area contributed by atoms with Gasteiger partial charge in [-0.2, -0.15) is 17.7 Å². The maximum absolute atomic E-state index is 11.8. The molecule has 0 saturated carbocycles. The molecule has 2 N–H and O–H groups in total. The van der Waals surface area contributed by atoms with Crippen molar-refractivity contribution in [3.63, 3.8) is 0 Å². The van der Waals surface area contributed by atoms with Gasteiger partial charge in [0.2, 0.25) is 11.8 Å². The minimum Gasteiger partial charge on any atom is -0.344 e. The summed E-state index contributed by atoms with van der Waals surface area (Å²) in [7, 11) is 1.77. The van der Waals surface area contributed by atoms with Gasteiger partial charge in [0, 0.05) is 25.9 Å². The maximum atomic E-state index is 11.8. The third kappa shape index (κ3) is 3.77. The molecule has 2 amide bonds. The summed E-state index contributed by atoms with van der Waals surface area (Å²) in [5, 5.41) is 9.33. The first-order chi connectivity index (χ1) is 7.93. The molecule has 1 unspecified atom stereocenters. The molecule has 0 radical (unpaired) electrons. The van der Waals surface area contributed by atoms with Gasteiger partial charge in [0.1, 0.15) is 6.04 Å². The number of rotatable bonds is 4. The molecular weight excluding hydrogens is 240 g/mol. The molecule has 1 aromatic heterocycles. The fraction of sp³-hybridized carbons (Fsp3) is 0.500. The molecule has 17 heavy (non-hydrogen) atoms. The van der Waals surface area contributed by atoms with Gasteiger partial charge in [-0.05, 0) is 6.92 Å². The topological polar surface area (TPSA) is 76.0 Å². The van der Waals surface area contributed by atoms with Crippen LogP contribution in [0.5, 0.6) is 0 Å². The number of nitrogens with one attached hydrogen (secondary N) is 2. The van der Waals surface area contributed by atoms with E-state index in [2.05, 4.69) is 28.4 Å². The molecule has 1 atom stereocenters. The molecule has 1 heterocycles. The lowest BCUT2D eigenvalue weighted by Gasteiger charge is -2.14. The highest BCUT2D eigenvalue weighted by Crippen LogP contribution is 2.11. The number of amides is 2. The Morgan fingerprint density at radius 2 is 2.24 bits per heavy atom. The van der Waals surface area contributed by atoms with Gasteiger partial charge in [-0.25, -0.2) is 0 Å². The van der Waals surface area contributed by atoms with Gasteiger partial charge in [0.25, 0.3) is 0 Å². The summed E-state index contributed by atoms with van der Waals surface area (Å²) in [5.41, 5.74) is 1.36. The number of hydrogen-bond donors (Lipinski definition) is 3. The van der Waals surface area contributed by atoms with E-state index in [1.807, 2.05) is 0 Å². The van der Waals surface area contributed by atoms with Gasteiger partial charge in [-0.3, -0.25) is 14.3 Å². The van der Waals surface area contributed by atoms with E-state index in [1.165, 1.54) is 6.92 Å². The van der Waals surface area contributed by atoms with Gasteiger partial charge < -0.3 is 10.6 Å². The SMILES string of the molecule is CC(=O)NC(CS)C(=O)Nc1cn(C)nc1C. The third-order valence-corrected chi connectivity index (χ3v) is 2.51. The summed E-state index contributed by atoms with van der Waals surface area (Å²) in [6.07, 6.45) is 1.70. The van der Waals surface area contributed by atoms with E-state index in [0.717, 1.165) is 5.69 Å². The zero-order valence-electron chi connectivity index (χ0n) is 10.0. The number of aromatic nitrogens is 2. The number of hydrogen-bond acceptors (Lipinski definition) is 4. The van der Waals surface area contributed by atoms with Crippen LogP contribution in [-0.2, 0) is 16.6 Å². The van der Waals surface area contributed by atoms with Crippen molar-refractivity contribution in [2.75, 3.05) is 11.1 Å². The molecule has 0 aliphatic rings. The van der Waals surface area contributed by atoms with Crippen molar-refractivity contribution in [2.24, 2.45) is 7.05 Å². The molecule has 1 rings (SSSR count). The monoisotopic (exact) mass is 256 g/mol. The van der Waals surface area contributed by atoms with Crippen LogP contribution < -0.4 is 10.6 Å². The summed E-state index contributed by atoms with van der Waals surface area (Å²) < 4.78 is 1.61. The Bertz CT molecular complexity index is 430. The highest BCUT2D eigenvalue weighted by atomic mass is 32.1. The summed E-state index contributed by atoms with van der Waals surface area (Å²) in [6, 6.07) is -0.643. The number of thiol groups is 1. The molecule has 7 heteroatoms. The summed E-state index contributed by atoms with van der Waals surface area (Å²) in [6.45, 7) is 3.16. The molecule has 94 valence electrons. The quantitative estimate of drug-likeness (QED) is 0.669.